The maximum Gasteiger partial charge on any atom is 0.0608 e. The van der Waals surface area contributed by atoms with Gasteiger partial charge in [-0.15, -0.1) is 0 Å². The maximum atomic E-state index is 10.5. The fraction of sp³-hybridized carbons (Fsp3) is 0.667. The van der Waals surface area contributed by atoms with Crippen LogP contribution in [0.5, 0.6) is 0 Å². The number of hydrogen-bond acceptors (Lipinski definition) is 2. The minimum absolute atomic E-state index is 0.208. The smallest absolute Gasteiger partial charge is 0.0608 e. The van der Waals surface area contributed by atoms with Gasteiger partial charge in [-0.1, -0.05) is 69.0 Å². The number of aliphatic hydroxyl groups is 1. The molecule has 0 bridgehead atoms. The van der Waals surface area contributed by atoms with Gasteiger partial charge in [0.25, 0.3) is 0 Å². The lowest BCUT2D eigenvalue weighted by atomic mass is 9.89. The van der Waals surface area contributed by atoms with Crippen molar-refractivity contribution in [2.45, 2.75) is 83.8 Å². The number of likely N-dealkylation sites (tertiary alicyclic amines) is 1. The van der Waals surface area contributed by atoms with E-state index in [0.717, 1.165) is 31.7 Å². The Balaban J connectivity index is 1.51. The van der Waals surface area contributed by atoms with Crippen molar-refractivity contribution in [3.8, 4) is 0 Å². The van der Waals surface area contributed by atoms with E-state index in [1.165, 1.54) is 56.3 Å². The Hall–Kier alpha value is -1.12. The summed E-state index contributed by atoms with van der Waals surface area (Å²) in [6.45, 7) is 6.89. The van der Waals surface area contributed by atoms with E-state index >= 15 is 0 Å². The normalized spacial score (nSPS) is 21.3. The van der Waals surface area contributed by atoms with E-state index in [1.54, 1.807) is 5.57 Å². The highest BCUT2D eigenvalue weighted by atomic mass is 16.3. The lowest BCUT2D eigenvalue weighted by Crippen LogP contribution is -2.43. The first kappa shape index (κ1) is 19.6. The van der Waals surface area contributed by atoms with E-state index in [4.69, 9.17) is 0 Å². The highest BCUT2D eigenvalue weighted by Crippen LogP contribution is 2.29. The third-order valence-electron chi connectivity index (χ3n) is 6.55. The van der Waals surface area contributed by atoms with Gasteiger partial charge in [-0.25, -0.2) is 0 Å². The summed E-state index contributed by atoms with van der Waals surface area (Å²) in [4.78, 5) is 2.70. The molecule has 1 aliphatic heterocycles. The van der Waals surface area contributed by atoms with Gasteiger partial charge in [-0.2, -0.15) is 0 Å². The summed E-state index contributed by atoms with van der Waals surface area (Å²) < 4.78 is 0. The molecule has 144 valence electrons. The average molecular weight is 356 g/mol. The summed E-state index contributed by atoms with van der Waals surface area (Å²) in [6, 6.07) is 9.76. The molecule has 0 amide bonds. The minimum Gasteiger partial charge on any atom is -0.392 e. The van der Waals surface area contributed by atoms with Crippen LogP contribution in [0.1, 0.15) is 76.3 Å². The van der Waals surface area contributed by atoms with E-state index in [9.17, 15) is 5.11 Å². The lowest BCUT2D eigenvalue weighted by Gasteiger charge is -2.40. The maximum absolute atomic E-state index is 10.5. The van der Waals surface area contributed by atoms with Crippen LogP contribution >= 0.6 is 0 Å². The molecule has 2 atom stereocenters. The predicted molar refractivity (Wildman–Crippen MR) is 111 cm³/mol. The molecule has 2 nitrogen and oxygen atoms in total. The van der Waals surface area contributed by atoms with Gasteiger partial charge in [0.1, 0.15) is 0 Å². The second-order valence-electron chi connectivity index (χ2n) is 8.39. The average Bonchev–Trinajstić information content (AvgIpc) is 2.61. The lowest BCUT2D eigenvalue weighted by molar-refractivity contribution is 0.0996. The summed E-state index contributed by atoms with van der Waals surface area (Å²) in [5.74, 6) is 0.433. The van der Waals surface area contributed by atoms with Crippen molar-refractivity contribution in [3.63, 3.8) is 0 Å². The fourth-order valence-corrected chi connectivity index (χ4v) is 4.51. The molecule has 2 unspecified atom stereocenters. The number of aliphatic hydroxyl groups excluding tert-OH is 1. The van der Waals surface area contributed by atoms with Crippen LogP contribution in [0.2, 0.25) is 0 Å². The van der Waals surface area contributed by atoms with Crippen molar-refractivity contribution in [3.05, 3.63) is 41.0 Å². The number of hydrogen-bond donors (Lipinski definition) is 1. The summed E-state index contributed by atoms with van der Waals surface area (Å²) in [5.41, 5.74) is 4.17. The SMILES string of the molecule is CCCC(CC)C(O)Cc1ccc(C=C2CCN(C3CCC3)CC2)cc1. The third kappa shape index (κ3) is 5.20. The van der Waals surface area contributed by atoms with Gasteiger partial charge < -0.3 is 5.11 Å². The van der Waals surface area contributed by atoms with Crippen LogP contribution in [0.4, 0.5) is 0 Å². The number of nitrogens with zero attached hydrogens (tertiary/aromatic N) is 1. The van der Waals surface area contributed by atoms with Crippen LogP contribution in [0.3, 0.4) is 0 Å². The van der Waals surface area contributed by atoms with Crippen LogP contribution in [0, 0.1) is 5.92 Å². The van der Waals surface area contributed by atoms with Crippen molar-refractivity contribution >= 4 is 6.08 Å². The molecule has 1 N–H and O–H groups in total. The zero-order valence-corrected chi connectivity index (χ0v) is 16.8. The second kappa shape index (κ2) is 9.71. The zero-order valence-electron chi connectivity index (χ0n) is 16.8. The topological polar surface area (TPSA) is 23.5 Å². The largest absolute Gasteiger partial charge is 0.392 e. The van der Waals surface area contributed by atoms with Crippen molar-refractivity contribution in [1.82, 2.24) is 4.90 Å². The summed E-state index contributed by atoms with van der Waals surface area (Å²) >= 11 is 0. The van der Waals surface area contributed by atoms with E-state index < -0.39 is 0 Å². The Morgan fingerprint density at radius 3 is 2.35 bits per heavy atom. The summed E-state index contributed by atoms with van der Waals surface area (Å²) in [6.07, 6.45) is 13.0. The van der Waals surface area contributed by atoms with E-state index in [0.29, 0.717) is 5.92 Å². The van der Waals surface area contributed by atoms with Crippen molar-refractivity contribution in [1.29, 1.82) is 0 Å². The van der Waals surface area contributed by atoms with E-state index in [1.807, 2.05) is 0 Å². The van der Waals surface area contributed by atoms with Crippen LogP contribution in [-0.2, 0) is 6.42 Å². The fourth-order valence-electron chi connectivity index (χ4n) is 4.51. The summed E-state index contributed by atoms with van der Waals surface area (Å²) in [7, 11) is 0. The van der Waals surface area contributed by atoms with Crippen LogP contribution in [0.25, 0.3) is 6.08 Å². The third-order valence-corrected chi connectivity index (χ3v) is 6.55. The molecule has 3 rings (SSSR count). The molecule has 2 fully saturated rings. The van der Waals surface area contributed by atoms with Crippen molar-refractivity contribution in [2.24, 2.45) is 5.92 Å². The molecule has 1 heterocycles. The molecule has 2 aliphatic rings. The molecule has 1 aromatic rings. The minimum atomic E-state index is -0.208. The van der Waals surface area contributed by atoms with Crippen LogP contribution in [0.15, 0.2) is 29.8 Å². The predicted octanol–water partition coefficient (Wildman–Crippen LogP) is 5.45. The molecular formula is C24H37NO. The molecule has 0 radical (unpaired) electrons. The first-order valence-electron chi connectivity index (χ1n) is 10.9. The van der Waals surface area contributed by atoms with Crippen molar-refractivity contribution in [2.75, 3.05) is 13.1 Å². The Kier molecular flexibility index (Phi) is 7.33. The van der Waals surface area contributed by atoms with Crippen LogP contribution in [-0.4, -0.2) is 35.2 Å². The standard InChI is InChI=1S/C24H37NO/c1-3-6-22(4-2)24(26)18-20-11-9-19(10-12-20)17-21-13-15-25(16-14-21)23-7-5-8-23/h9-12,17,22-24,26H,3-8,13-16,18H2,1-2H3. The molecular weight excluding hydrogens is 318 g/mol. The number of piperidine rings is 1. The second-order valence-corrected chi connectivity index (χ2v) is 8.39. The number of benzene rings is 1. The van der Waals surface area contributed by atoms with Gasteiger partial charge in [0, 0.05) is 19.1 Å². The molecule has 1 saturated heterocycles. The quantitative estimate of drug-likeness (QED) is 0.670. The van der Waals surface area contributed by atoms with Gasteiger partial charge in [-0.3, -0.25) is 4.90 Å². The van der Waals surface area contributed by atoms with Gasteiger partial charge in [0.15, 0.2) is 0 Å². The van der Waals surface area contributed by atoms with Gasteiger partial charge in [-0.05, 0) is 55.6 Å². The molecule has 2 heteroatoms. The van der Waals surface area contributed by atoms with Gasteiger partial charge >= 0.3 is 0 Å². The zero-order chi connectivity index (χ0) is 18.4. The van der Waals surface area contributed by atoms with Crippen LogP contribution < -0.4 is 0 Å². The molecule has 1 aliphatic carbocycles. The molecule has 1 saturated carbocycles. The first-order valence-corrected chi connectivity index (χ1v) is 10.9. The monoisotopic (exact) mass is 355 g/mol. The van der Waals surface area contributed by atoms with Crippen molar-refractivity contribution < 1.29 is 5.11 Å². The highest BCUT2D eigenvalue weighted by molar-refractivity contribution is 5.53. The Bertz CT molecular complexity index is 562. The highest BCUT2D eigenvalue weighted by Gasteiger charge is 2.26. The molecule has 0 aromatic heterocycles. The summed E-state index contributed by atoms with van der Waals surface area (Å²) in [5, 5.41) is 10.5. The molecule has 26 heavy (non-hydrogen) atoms. The van der Waals surface area contributed by atoms with Gasteiger partial charge in [0.2, 0.25) is 0 Å². The first-order chi connectivity index (χ1) is 12.7. The Labute approximate surface area is 160 Å². The molecule has 0 spiro atoms. The number of rotatable bonds is 8. The van der Waals surface area contributed by atoms with E-state index in [2.05, 4.69) is 49.1 Å². The Morgan fingerprint density at radius 2 is 1.81 bits per heavy atom. The molecule has 1 aromatic carbocycles. The van der Waals surface area contributed by atoms with E-state index in [-0.39, 0.29) is 6.10 Å². The van der Waals surface area contributed by atoms with Gasteiger partial charge in [0.05, 0.1) is 6.10 Å². The Morgan fingerprint density at radius 1 is 1.12 bits per heavy atom.